The number of carbonyl (C=O) groups excluding carboxylic acids is 4. The lowest BCUT2D eigenvalue weighted by atomic mass is 10.0. The van der Waals surface area contributed by atoms with Gasteiger partial charge in [0.05, 0.1) is 20.8 Å². The van der Waals surface area contributed by atoms with E-state index in [-0.39, 0.29) is 6.61 Å². The highest BCUT2D eigenvalue weighted by Crippen LogP contribution is 2.30. The number of hydrogen-bond donors (Lipinski definition) is 1. The van der Waals surface area contributed by atoms with Crippen molar-refractivity contribution in [1.29, 1.82) is 0 Å². The van der Waals surface area contributed by atoms with Gasteiger partial charge in [-0.2, -0.15) is 0 Å². The lowest BCUT2D eigenvalue weighted by Gasteiger charge is -2.08. The van der Waals surface area contributed by atoms with E-state index in [1.165, 1.54) is 76.1 Å². The molecule has 121 heavy (non-hydrogen) atoms. The second-order valence-corrected chi connectivity index (χ2v) is 21.7. The van der Waals surface area contributed by atoms with Gasteiger partial charge < -0.3 is 24.2 Å². The van der Waals surface area contributed by atoms with E-state index < -0.39 is 0 Å². The van der Waals surface area contributed by atoms with E-state index in [4.69, 9.17) is 24.2 Å². The van der Waals surface area contributed by atoms with Crippen LogP contribution in [-0.4, -0.2) is 45.5 Å². The third kappa shape index (κ3) is 45.0. The van der Waals surface area contributed by atoms with Crippen LogP contribution in [0.3, 0.4) is 0 Å². The first kappa shape index (κ1) is 125. The lowest BCUT2D eigenvalue weighted by Crippen LogP contribution is -1.89. The normalized spacial score (nSPS) is 8.40. The van der Waals surface area contributed by atoms with E-state index in [2.05, 4.69) is 222 Å². The largest absolute Gasteiger partial charge is 0.496 e. The Morgan fingerprint density at radius 1 is 0.240 bits per heavy atom. The first-order chi connectivity index (χ1) is 59.5. The third-order valence-corrected chi connectivity index (χ3v) is 15.9. The number of rotatable bonds is 5. The van der Waals surface area contributed by atoms with E-state index >= 15 is 0 Å². The molecular formula is C114H162O7. The molecule has 0 saturated heterocycles. The summed E-state index contributed by atoms with van der Waals surface area (Å²) in [6, 6.07) is 98.8. The highest BCUT2D eigenvalue weighted by Gasteiger charge is 2.07. The smallest absolute Gasteiger partial charge is 0.150 e. The molecule has 0 unspecified atom stereocenters. The van der Waals surface area contributed by atoms with Gasteiger partial charge in [-0.1, -0.05) is 455 Å². The van der Waals surface area contributed by atoms with Gasteiger partial charge >= 0.3 is 0 Å². The van der Waals surface area contributed by atoms with Gasteiger partial charge in [-0.3, -0.25) is 9.59 Å². The molecule has 660 valence electrons. The molecule has 0 radical (unpaired) electrons. The average molecular weight is 1640 g/mol. The number of ether oxygens (including phenoxy) is 2. The number of aryl methyl sites for hydroxylation is 5. The molecular weight excluding hydrogens is 1480 g/mol. The van der Waals surface area contributed by atoms with Crippen molar-refractivity contribution in [1.82, 2.24) is 0 Å². The molecule has 0 bridgehead atoms. The summed E-state index contributed by atoms with van der Waals surface area (Å²) in [5.41, 5.74) is 8.85. The molecule has 0 aliphatic heterocycles. The minimum atomic E-state index is 0.0600. The fourth-order valence-corrected chi connectivity index (χ4v) is 11.1. The first-order valence-electron chi connectivity index (χ1n) is 44.4. The molecule has 15 aromatic carbocycles. The third-order valence-electron chi connectivity index (χ3n) is 15.9. The van der Waals surface area contributed by atoms with Crippen molar-refractivity contribution in [3.63, 3.8) is 0 Å². The van der Waals surface area contributed by atoms with Gasteiger partial charge in [0.25, 0.3) is 0 Å². The Labute approximate surface area is 738 Å². The number of fused-ring (bicyclic) bond motifs is 8. The molecule has 15 rings (SSSR count). The first-order valence-corrected chi connectivity index (χ1v) is 44.4. The van der Waals surface area contributed by atoms with E-state index in [0.717, 1.165) is 73.1 Å². The number of hydrogen-bond acceptors (Lipinski definition) is 7. The maximum absolute atomic E-state index is 11.0. The zero-order chi connectivity index (χ0) is 94.5. The number of methoxy groups -OCH3 is 2. The molecule has 0 saturated carbocycles. The summed E-state index contributed by atoms with van der Waals surface area (Å²) in [4.78, 5) is 37.6. The second kappa shape index (κ2) is 87.9. The molecule has 15 aromatic rings. The van der Waals surface area contributed by atoms with Gasteiger partial charge in [0, 0.05) is 16.5 Å². The number of aldehydes is 2. The highest BCUT2D eigenvalue weighted by atomic mass is 16.5. The second-order valence-electron chi connectivity index (χ2n) is 21.7. The molecule has 0 aliphatic rings. The van der Waals surface area contributed by atoms with E-state index in [1.807, 2.05) is 311 Å². The van der Waals surface area contributed by atoms with Crippen LogP contribution in [0.2, 0.25) is 0 Å². The summed E-state index contributed by atoms with van der Waals surface area (Å²) < 4.78 is 10.5. The monoisotopic (exact) mass is 1640 g/mol. The number of carbonyl (C=O) groups is 4. The number of benzene rings is 15. The van der Waals surface area contributed by atoms with Crippen molar-refractivity contribution in [3.8, 4) is 11.5 Å². The average Bonchev–Trinajstić information content (AvgIpc) is 0.784. The molecule has 7 heteroatoms. The molecule has 1 N–H and O–H groups in total. The summed E-state index contributed by atoms with van der Waals surface area (Å²) in [7, 11) is 3.30. The Kier molecular flexibility index (Phi) is 91.0. The van der Waals surface area contributed by atoms with Gasteiger partial charge in [-0.05, 0) is 179 Å². The Bertz CT molecular complexity index is 4540. The van der Waals surface area contributed by atoms with Crippen LogP contribution >= 0.6 is 0 Å². The van der Waals surface area contributed by atoms with Crippen molar-refractivity contribution in [3.05, 3.63) is 336 Å². The summed E-state index contributed by atoms with van der Waals surface area (Å²) in [5, 5.41) is 28.7. The predicted molar refractivity (Wildman–Crippen MR) is 552 cm³/mol. The van der Waals surface area contributed by atoms with Crippen molar-refractivity contribution in [2.24, 2.45) is 0 Å². The minimum Gasteiger partial charge on any atom is -0.496 e. The summed E-state index contributed by atoms with van der Waals surface area (Å²) in [6.07, 6.45) is 1.77. The van der Waals surface area contributed by atoms with Gasteiger partial charge in [0.2, 0.25) is 0 Å². The molecule has 0 heterocycles. The quantitative estimate of drug-likeness (QED) is 0.135. The van der Waals surface area contributed by atoms with Crippen LogP contribution in [0.5, 0.6) is 11.5 Å². The van der Waals surface area contributed by atoms with Gasteiger partial charge in [-0.25, -0.2) is 0 Å². The zero-order valence-corrected chi connectivity index (χ0v) is 81.9. The summed E-state index contributed by atoms with van der Waals surface area (Å²) >= 11 is 0. The molecule has 0 spiro atoms. The zero-order valence-electron chi connectivity index (χ0n) is 81.9. The maximum Gasteiger partial charge on any atom is 0.150 e. The SMILES string of the molecule is C=O.C=O.CC.CC.CC.CC.CC.CC.CC.CC.CC.CC.CC.CC.CC.CC.COc1ccc(CO)c2ccccc12.COc1ccc2ccc(C=O)cc2c1C.Cc1cccc2ccccc12.Cc1cccc2ccccc12.Cc1cccc2ccccc12.Cc1cccc2ccccc12.O=Cc1cccc2cc3ccccc3cc12. The molecule has 0 fully saturated rings. The molecule has 0 aromatic heterocycles. The van der Waals surface area contributed by atoms with Gasteiger partial charge in [-0.15, -0.1) is 0 Å². The van der Waals surface area contributed by atoms with Crippen LogP contribution < -0.4 is 9.47 Å². The fourth-order valence-electron chi connectivity index (χ4n) is 11.1. The topological polar surface area (TPSA) is 107 Å². The highest BCUT2D eigenvalue weighted by molar-refractivity contribution is 6.05. The van der Waals surface area contributed by atoms with E-state index in [1.54, 1.807) is 14.2 Å². The van der Waals surface area contributed by atoms with Gasteiger partial charge in [0.1, 0.15) is 31.4 Å². The number of aliphatic hydroxyl groups is 1. The number of aliphatic hydroxyl groups excluding tert-OH is 1. The lowest BCUT2D eigenvalue weighted by molar-refractivity contribution is -0.0987. The van der Waals surface area contributed by atoms with Crippen molar-refractivity contribution < 1.29 is 33.8 Å². The summed E-state index contributed by atoms with van der Waals surface area (Å²) in [5.74, 6) is 1.70. The van der Waals surface area contributed by atoms with Crippen LogP contribution in [-0.2, 0) is 16.2 Å². The fraction of sp³-hybridized carbons (Fsp3) is 0.316. The van der Waals surface area contributed by atoms with Crippen LogP contribution in [0.25, 0.3) is 86.2 Å². The van der Waals surface area contributed by atoms with Crippen LogP contribution in [0.4, 0.5) is 0 Å². The molecule has 0 amide bonds. The van der Waals surface area contributed by atoms with Crippen molar-refractivity contribution in [2.75, 3.05) is 14.2 Å². The van der Waals surface area contributed by atoms with Crippen LogP contribution in [0, 0.1) is 34.6 Å². The minimum absolute atomic E-state index is 0.0600. The Balaban J connectivity index is -0.000000195. The van der Waals surface area contributed by atoms with Crippen LogP contribution in [0.1, 0.15) is 248 Å². The van der Waals surface area contributed by atoms with Crippen molar-refractivity contribution >= 4 is 112 Å². The predicted octanol–water partition coefficient (Wildman–Crippen LogP) is 35.7. The van der Waals surface area contributed by atoms with Crippen LogP contribution in [0.15, 0.2) is 291 Å². The Morgan fingerprint density at radius 2 is 0.504 bits per heavy atom. The Morgan fingerprint density at radius 3 is 0.818 bits per heavy atom. The standard InChI is InChI=1S/C15H10O.C13H12O2.C12H12O2.4C11H10.14C2H6.2CH2O/c16-10-14-7-3-6-13-8-11-4-1-2-5-12(11)9-15(13)14;1-9-12-7-10(8-14)3-4-11(12)5-6-13(9)15-2;1-14-12-7-6-9(8-13)10-4-2-3-5-11(10)12;4*1-9-5-4-7-10-6-2-3-8-11(9)10;16*1-2/h1-10H;3-8H,1-2H3;2-7,13H,8H2,1H3;4*2-8H,1H3;14*1-2H3;2*1H2. The summed E-state index contributed by atoms with van der Waals surface area (Å²) in [6.45, 7) is 70.6. The maximum atomic E-state index is 11.0. The molecule has 0 atom stereocenters. The molecule has 0 aliphatic carbocycles. The van der Waals surface area contributed by atoms with Crippen molar-refractivity contribution in [2.45, 2.75) is 235 Å². The Hall–Kier alpha value is -11.4. The van der Waals surface area contributed by atoms with E-state index in [9.17, 15) is 9.59 Å². The van der Waals surface area contributed by atoms with Gasteiger partial charge in [0.15, 0.2) is 6.29 Å². The van der Waals surface area contributed by atoms with E-state index in [0.29, 0.717) is 5.56 Å². The molecule has 7 nitrogen and oxygen atoms in total.